The molecule has 0 spiro atoms. The third-order valence-electron chi connectivity index (χ3n) is 3.08. The molecule has 4 aromatic rings. The standard InChI is InChI=1S/C13H10N6S/c1-8-10(7-14-15-8)12-18-19-11(16-17-13(19)20-12)9-5-3-2-4-6-9/h2-7H,1H3,(H,14,15). The van der Waals surface area contributed by atoms with Gasteiger partial charge in [0.2, 0.25) is 4.96 Å². The highest BCUT2D eigenvalue weighted by Crippen LogP contribution is 2.28. The molecule has 4 rings (SSSR count). The van der Waals surface area contributed by atoms with Crippen molar-refractivity contribution in [1.29, 1.82) is 0 Å². The van der Waals surface area contributed by atoms with Gasteiger partial charge in [0.25, 0.3) is 0 Å². The average Bonchev–Trinajstić information content (AvgIpc) is 3.13. The zero-order valence-corrected chi connectivity index (χ0v) is 11.4. The summed E-state index contributed by atoms with van der Waals surface area (Å²) >= 11 is 1.50. The smallest absolute Gasteiger partial charge is 0.235 e. The van der Waals surface area contributed by atoms with Crippen LogP contribution in [0.1, 0.15) is 5.69 Å². The van der Waals surface area contributed by atoms with Crippen LogP contribution in [0.15, 0.2) is 36.5 Å². The molecule has 0 aliphatic carbocycles. The van der Waals surface area contributed by atoms with E-state index in [0.29, 0.717) is 0 Å². The van der Waals surface area contributed by atoms with Gasteiger partial charge in [-0.1, -0.05) is 41.7 Å². The summed E-state index contributed by atoms with van der Waals surface area (Å²) in [5, 5.41) is 20.8. The fourth-order valence-electron chi connectivity index (χ4n) is 2.06. The molecule has 3 heterocycles. The van der Waals surface area contributed by atoms with Gasteiger partial charge in [-0.05, 0) is 6.92 Å². The molecule has 1 N–H and O–H groups in total. The Balaban J connectivity index is 1.90. The lowest BCUT2D eigenvalue weighted by atomic mass is 10.2. The van der Waals surface area contributed by atoms with Crippen molar-refractivity contribution in [3.8, 4) is 22.0 Å². The topological polar surface area (TPSA) is 71.8 Å². The molecular weight excluding hydrogens is 272 g/mol. The van der Waals surface area contributed by atoms with E-state index in [2.05, 4.69) is 25.5 Å². The summed E-state index contributed by atoms with van der Waals surface area (Å²) in [6.07, 6.45) is 1.78. The SMILES string of the molecule is Cc1[nH]ncc1-c1nn2c(-c3ccccc3)nnc2s1. The Hall–Kier alpha value is -2.54. The Kier molecular flexibility index (Phi) is 2.40. The summed E-state index contributed by atoms with van der Waals surface area (Å²) in [4.78, 5) is 0.777. The molecule has 0 radical (unpaired) electrons. The van der Waals surface area contributed by atoms with Crippen LogP contribution >= 0.6 is 11.3 Å². The minimum Gasteiger partial charge on any atom is -0.282 e. The highest BCUT2D eigenvalue weighted by Gasteiger charge is 2.15. The van der Waals surface area contributed by atoms with Crippen molar-refractivity contribution < 1.29 is 0 Å². The second kappa shape index (κ2) is 4.24. The molecule has 0 aliphatic rings. The van der Waals surface area contributed by atoms with E-state index in [1.807, 2.05) is 37.3 Å². The number of fused-ring (bicyclic) bond motifs is 1. The Bertz CT molecular complexity index is 873. The lowest BCUT2D eigenvalue weighted by molar-refractivity contribution is 0.970. The van der Waals surface area contributed by atoms with E-state index >= 15 is 0 Å². The van der Waals surface area contributed by atoms with Gasteiger partial charge in [-0.2, -0.15) is 14.7 Å². The van der Waals surface area contributed by atoms with Gasteiger partial charge in [-0.15, -0.1) is 10.2 Å². The Morgan fingerprint density at radius 3 is 2.75 bits per heavy atom. The van der Waals surface area contributed by atoms with Gasteiger partial charge < -0.3 is 0 Å². The van der Waals surface area contributed by atoms with Gasteiger partial charge >= 0.3 is 0 Å². The Morgan fingerprint density at radius 2 is 2.00 bits per heavy atom. The van der Waals surface area contributed by atoms with Gasteiger partial charge in [0.1, 0.15) is 0 Å². The lowest BCUT2D eigenvalue weighted by Crippen LogP contribution is -1.90. The summed E-state index contributed by atoms with van der Waals surface area (Å²) in [5.74, 6) is 0.754. The number of nitrogens with zero attached hydrogens (tertiary/aromatic N) is 5. The molecule has 1 aromatic carbocycles. The fourth-order valence-corrected chi connectivity index (χ4v) is 2.97. The number of nitrogens with one attached hydrogen (secondary N) is 1. The molecule has 0 atom stereocenters. The van der Waals surface area contributed by atoms with Crippen molar-refractivity contribution in [2.24, 2.45) is 0 Å². The lowest BCUT2D eigenvalue weighted by Gasteiger charge is -1.95. The van der Waals surface area contributed by atoms with E-state index in [9.17, 15) is 0 Å². The number of benzene rings is 1. The summed E-state index contributed by atoms with van der Waals surface area (Å²) in [6, 6.07) is 9.92. The minimum absolute atomic E-state index is 0.754. The van der Waals surface area contributed by atoms with Crippen LogP contribution in [0.2, 0.25) is 0 Å². The molecule has 98 valence electrons. The molecule has 7 heteroatoms. The zero-order valence-electron chi connectivity index (χ0n) is 10.6. The minimum atomic E-state index is 0.754. The average molecular weight is 282 g/mol. The molecular formula is C13H10N6S. The predicted molar refractivity (Wildman–Crippen MR) is 76.4 cm³/mol. The first-order valence-electron chi connectivity index (χ1n) is 6.11. The first-order chi connectivity index (χ1) is 9.83. The molecule has 0 saturated heterocycles. The number of hydrogen-bond acceptors (Lipinski definition) is 5. The second-order valence-electron chi connectivity index (χ2n) is 4.40. The van der Waals surface area contributed by atoms with E-state index in [1.54, 1.807) is 10.7 Å². The maximum absolute atomic E-state index is 4.60. The Labute approximate surface area is 118 Å². The highest BCUT2D eigenvalue weighted by atomic mass is 32.1. The van der Waals surface area contributed by atoms with Crippen molar-refractivity contribution in [3.05, 3.63) is 42.2 Å². The van der Waals surface area contributed by atoms with E-state index in [4.69, 9.17) is 0 Å². The van der Waals surface area contributed by atoms with Crippen LogP contribution in [0.5, 0.6) is 0 Å². The summed E-state index contributed by atoms with van der Waals surface area (Å²) in [6.45, 7) is 1.98. The van der Waals surface area contributed by atoms with Gasteiger partial charge in [0.15, 0.2) is 10.8 Å². The summed E-state index contributed by atoms with van der Waals surface area (Å²) in [5.41, 5.74) is 3.00. The molecule has 0 unspecified atom stereocenters. The number of aromatic nitrogens is 6. The number of H-pyrrole nitrogens is 1. The number of hydrogen-bond donors (Lipinski definition) is 1. The predicted octanol–water partition coefficient (Wildman–Crippen LogP) is 2.55. The number of aromatic amines is 1. The molecule has 0 bridgehead atoms. The van der Waals surface area contributed by atoms with E-state index in [1.165, 1.54) is 11.3 Å². The van der Waals surface area contributed by atoms with Gasteiger partial charge in [-0.25, -0.2) is 0 Å². The van der Waals surface area contributed by atoms with Crippen LogP contribution in [0.25, 0.3) is 26.9 Å². The molecule has 20 heavy (non-hydrogen) atoms. The molecule has 6 nitrogen and oxygen atoms in total. The first kappa shape index (κ1) is 11.3. The molecule has 3 aromatic heterocycles. The maximum Gasteiger partial charge on any atom is 0.235 e. The number of rotatable bonds is 2. The van der Waals surface area contributed by atoms with E-state index < -0.39 is 0 Å². The van der Waals surface area contributed by atoms with Crippen molar-refractivity contribution in [2.75, 3.05) is 0 Å². The largest absolute Gasteiger partial charge is 0.282 e. The quantitative estimate of drug-likeness (QED) is 0.613. The highest BCUT2D eigenvalue weighted by molar-refractivity contribution is 7.19. The molecule has 0 aliphatic heterocycles. The Morgan fingerprint density at radius 1 is 1.15 bits per heavy atom. The summed E-state index contributed by atoms with van der Waals surface area (Å²) < 4.78 is 1.78. The van der Waals surface area contributed by atoms with Gasteiger partial charge in [0.05, 0.1) is 11.8 Å². The molecule has 0 fully saturated rings. The van der Waals surface area contributed by atoms with Crippen molar-refractivity contribution in [2.45, 2.75) is 6.92 Å². The van der Waals surface area contributed by atoms with Crippen molar-refractivity contribution in [1.82, 2.24) is 30.0 Å². The van der Waals surface area contributed by atoms with Gasteiger partial charge in [0, 0.05) is 11.3 Å². The number of aryl methyl sites for hydroxylation is 1. The van der Waals surface area contributed by atoms with Crippen LogP contribution < -0.4 is 0 Å². The third-order valence-corrected chi connectivity index (χ3v) is 4.02. The third kappa shape index (κ3) is 1.64. The second-order valence-corrected chi connectivity index (χ2v) is 5.36. The fraction of sp³-hybridized carbons (Fsp3) is 0.0769. The van der Waals surface area contributed by atoms with E-state index in [-0.39, 0.29) is 0 Å². The summed E-state index contributed by atoms with van der Waals surface area (Å²) in [7, 11) is 0. The zero-order chi connectivity index (χ0) is 13.5. The first-order valence-corrected chi connectivity index (χ1v) is 6.92. The van der Waals surface area contributed by atoms with Crippen LogP contribution in [0, 0.1) is 6.92 Å². The normalized spacial score (nSPS) is 11.2. The monoisotopic (exact) mass is 282 g/mol. The molecule has 0 saturated carbocycles. The van der Waals surface area contributed by atoms with Crippen molar-refractivity contribution >= 4 is 16.3 Å². The van der Waals surface area contributed by atoms with Crippen LogP contribution in [-0.2, 0) is 0 Å². The maximum atomic E-state index is 4.60. The van der Waals surface area contributed by atoms with Crippen LogP contribution in [0.3, 0.4) is 0 Å². The van der Waals surface area contributed by atoms with Crippen LogP contribution in [-0.4, -0.2) is 30.0 Å². The van der Waals surface area contributed by atoms with Crippen molar-refractivity contribution in [3.63, 3.8) is 0 Å². The van der Waals surface area contributed by atoms with Gasteiger partial charge in [-0.3, -0.25) is 5.10 Å². The van der Waals surface area contributed by atoms with E-state index in [0.717, 1.165) is 32.6 Å². The molecule has 0 amide bonds. The van der Waals surface area contributed by atoms with Crippen LogP contribution in [0.4, 0.5) is 0 Å².